The molecule has 0 saturated heterocycles. The van der Waals surface area contributed by atoms with Crippen LogP contribution >= 0.6 is 0 Å². The number of para-hydroxylation sites is 2. The van der Waals surface area contributed by atoms with Crippen LogP contribution in [0.1, 0.15) is 38.5 Å². The Bertz CT molecular complexity index is 846. The molecule has 3 heterocycles. The molecular formula is C18H23N7. The molecule has 25 heavy (non-hydrogen) atoms. The van der Waals surface area contributed by atoms with Crippen LogP contribution in [0.4, 0.5) is 5.95 Å². The lowest BCUT2D eigenvalue weighted by molar-refractivity contribution is 0.119. The van der Waals surface area contributed by atoms with Crippen molar-refractivity contribution in [2.75, 3.05) is 11.7 Å². The number of hydrogen-bond acceptors (Lipinski definition) is 5. The zero-order valence-electron chi connectivity index (χ0n) is 14.3. The minimum atomic E-state index is 0.635. The van der Waals surface area contributed by atoms with Crippen molar-refractivity contribution in [2.45, 2.75) is 51.2 Å². The molecule has 1 aliphatic carbocycles. The van der Waals surface area contributed by atoms with Gasteiger partial charge in [-0.3, -0.25) is 9.47 Å². The molecule has 0 unspecified atom stereocenters. The van der Waals surface area contributed by atoms with Crippen LogP contribution in [0.3, 0.4) is 0 Å². The van der Waals surface area contributed by atoms with E-state index in [1.165, 1.54) is 44.0 Å². The Kier molecular flexibility index (Phi) is 3.66. The molecule has 1 aliphatic heterocycles. The Morgan fingerprint density at radius 3 is 2.44 bits per heavy atom. The highest BCUT2D eigenvalue weighted by Crippen LogP contribution is 2.31. The number of benzene rings is 1. The van der Waals surface area contributed by atoms with Crippen molar-refractivity contribution >= 4 is 17.0 Å². The van der Waals surface area contributed by atoms with Crippen LogP contribution < -0.4 is 5.01 Å². The van der Waals surface area contributed by atoms with E-state index in [0.717, 1.165) is 24.8 Å². The zero-order chi connectivity index (χ0) is 16.6. The maximum atomic E-state index is 4.87. The average Bonchev–Trinajstić information content (AvgIpc) is 3.22. The Hall–Kier alpha value is -2.41. The summed E-state index contributed by atoms with van der Waals surface area (Å²) in [5, 5.41) is 10.2. The van der Waals surface area contributed by atoms with Gasteiger partial charge in [0, 0.05) is 6.04 Å². The predicted octanol–water partition coefficient (Wildman–Crippen LogP) is 2.85. The number of nitrogens with zero attached hydrogens (tertiary/aromatic N) is 7. The molecule has 0 atom stereocenters. The molecule has 0 radical (unpaired) electrons. The third kappa shape index (κ3) is 2.59. The second-order valence-electron chi connectivity index (χ2n) is 7.09. The van der Waals surface area contributed by atoms with Gasteiger partial charge in [0.25, 0.3) is 0 Å². The summed E-state index contributed by atoms with van der Waals surface area (Å²) >= 11 is 0. The first kappa shape index (κ1) is 14.9. The van der Waals surface area contributed by atoms with Gasteiger partial charge in [-0.25, -0.2) is 14.7 Å². The van der Waals surface area contributed by atoms with E-state index in [9.17, 15) is 0 Å². The van der Waals surface area contributed by atoms with Crippen LogP contribution in [-0.4, -0.2) is 42.0 Å². The van der Waals surface area contributed by atoms with Gasteiger partial charge in [0.2, 0.25) is 5.95 Å². The summed E-state index contributed by atoms with van der Waals surface area (Å²) in [5.41, 5.74) is 2.23. The Morgan fingerprint density at radius 1 is 0.880 bits per heavy atom. The van der Waals surface area contributed by atoms with Gasteiger partial charge in [0.15, 0.2) is 0 Å². The molecule has 5 rings (SSSR count). The lowest BCUT2D eigenvalue weighted by Crippen LogP contribution is -2.51. The van der Waals surface area contributed by atoms with Crippen LogP contribution in [0.5, 0.6) is 0 Å². The molecule has 3 aromatic rings. The van der Waals surface area contributed by atoms with Gasteiger partial charge >= 0.3 is 0 Å². The van der Waals surface area contributed by atoms with Gasteiger partial charge in [-0.2, -0.15) is 0 Å². The second kappa shape index (κ2) is 6.15. The van der Waals surface area contributed by atoms with E-state index < -0.39 is 0 Å². The molecule has 1 fully saturated rings. The fraction of sp³-hybridized carbons (Fsp3) is 0.500. The van der Waals surface area contributed by atoms with Crippen LogP contribution in [0.15, 0.2) is 36.9 Å². The number of anilines is 1. The molecule has 1 saturated carbocycles. The zero-order valence-corrected chi connectivity index (χ0v) is 14.3. The highest BCUT2D eigenvalue weighted by molar-refractivity contribution is 5.79. The van der Waals surface area contributed by atoms with E-state index in [4.69, 9.17) is 4.98 Å². The molecule has 2 aliphatic rings. The molecule has 7 nitrogen and oxygen atoms in total. The highest BCUT2D eigenvalue weighted by Gasteiger charge is 2.31. The number of imidazole rings is 1. The maximum absolute atomic E-state index is 4.87. The summed E-state index contributed by atoms with van der Waals surface area (Å²) < 4.78 is 4.27. The number of fused-ring (bicyclic) bond motifs is 3. The van der Waals surface area contributed by atoms with E-state index in [1.807, 2.05) is 10.7 Å². The summed E-state index contributed by atoms with van der Waals surface area (Å²) in [5.74, 6) is 0.964. The van der Waals surface area contributed by atoms with Crippen LogP contribution in [0.2, 0.25) is 0 Å². The van der Waals surface area contributed by atoms with Gasteiger partial charge in [-0.05, 0) is 25.0 Å². The van der Waals surface area contributed by atoms with Gasteiger partial charge in [0.05, 0.1) is 24.4 Å². The topological polar surface area (TPSA) is 55.0 Å². The van der Waals surface area contributed by atoms with E-state index >= 15 is 0 Å². The summed E-state index contributed by atoms with van der Waals surface area (Å²) in [6, 6.07) is 9.02. The third-order valence-electron chi connectivity index (χ3n) is 5.53. The first-order valence-electron chi connectivity index (χ1n) is 9.22. The first-order chi connectivity index (χ1) is 12.4. The number of hydrogen-bond donors (Lipinski definition) is 0. The van der Waals surface area contributed by atoms with Crippen molar-refractivity contribution < 1.29 is 0 Å². The second-order valence-corrected chi connectivity index (χ2v) is 7.09. The molecule has 2 aromatic heterocycles. The smallest absolute Gasteiger partial charge is 0.228 e. The molecular weight excluding hydrogens is 314 g/mol. The van der Waals surface area contributed by atoms with Gasteiger partial charge < -0.3 is 0 Å². The van der Waals surface area contributed by atoms with E-state index in [2.05, 4.69) is 42.9 Å². The summed E-state index contributed by atoms with van der Waals surface area (Å²) in [7, 11) is 0. The van der Waals surface area contributed by atoms with Gasteiger partial charge in [-0.1, -0.05) is 37.8 Å². The fourth-order valence-electron chi connectivity index (χ4n) is 4.21. The van der Waals surface area contributed by atoms with E-state index in [0.29, 0.717) is 6.04 Å². The summed E-state index contributed by atoms with van der Waals surface area (Å²) in [6.07, 6.45) is 11.5. The molecule has 0 bridgehead atoms. The van der Waals surface area contributed by atoms with Crippen LogP contribution in [0.25, 0.3) is 11.0 Å². The SMILES string of the molecule is c1ccc2c(c1)nc1n2CN(C2CCCCCC2)CN1n1cnnc1. The number of aromatic nitrogens is 5. The summed E-state index contributed by atoms with van der Waals surface area (Å²) in [6.45, 7) is 1.73. The predicted molar refractivity (Wildman–Crippen MR) is 95.8 cm³/mol. The minimum Gasteiger partial charge on any atom is -0.295 e. The Labute approximate surface area is 146 Å². The normalized spacial score (nSPS) is 19.9. The lowest BCUT2D eigenvalue weighted by Gasteiger charge is -2.40. The molecule has 0 N–H and O–H groups in total. The van der Waals surface area contributed by atoms with Crippen molar-refractivity contribution in [3.05, 3.63) is 36.9 Å². The Morgan fingerprint density at radius 2 is 1.64 bits per heavy atom. The quantitative estimate of drug-likeness (QED) is 0.673. The van der Waals surface area contributed by atoms with Crippen molar-refractivity contribution in [1.29, 1.82) is 0 Å². The standard InChI is InChI=1S/C18H23N7/c1-2-4-8-15(7-3-1)22-13-24-17-10-6-5-9-16(17)21-18(24)25(14-22)23-11-19-20-12-23/h5-6,9-12,15H,1-4,7-8,13-14H2. The van der Waals surface area contributed by atoms with E-state index in [1.54, 1.807) is 12.7 Å². The van der Waals surface area contributed by atoms with Crippen molar-refractivity contribution in [2.24, 2.45) is 0 Å². The summed E-state index contributed by atoms with van der Waals surface area (Å²) in [4.78, 5) is 7.46. The van der Waals surface area contributed by atoms with Crippen molar-refractivity contribution in [1.82, 2.24) is 29.3 Å². The molecule has 130 valence electrons. The van der Waals surface area contributed by atoms with Crippen molar-refractivity contribution in [3.63, 3.8) is 0 Å². The van der Waals surface area contributed by atoms with E-state index in [-0.39, 0.29) is 0 Å². The largest absolute Gasteiger partial charge is 0.295 e. The number of rotatable bonds is 2. The third-order valence-corrected chi connectivity index (χ3v) is 5.53. The molecule has 7 heteroatoms. The minimum absolute atomic E-state index is 0.635. The molecule has 1 aromatic carbocycles. The average molecular weight is 337 g/mol. The Balaban J connectivity index is 1.57. The first-order valence-corrected chi connectivity index (χ1v) is 9.22. The maximum Gasteiger partial charge on any atom is 0.228 e. The lowest BCUT2D eigenvalue weighted by atomic mass is 10.1. The molecule has 0 amide bonds. The van der Waals surface area contributed by atoms with Crippen LogP contribution in [0, 0.1) is 0 Å². The molecule has 0 spiro atoms. The monoisotopic (exact) mass is 337 g/mol. The van der Waals surface area contributed by atoms with Gasteiger partial charge in [0.1, 0.15) is 12.7 Å². The van der Waals surface area contributed by atoms with Gasteiger partial charge in [-0.15, -0.1) is 10.2 Å². The van der Waals surface area contributed by atoms with Crippen molar-refractivity contribution in [3.8, 4) is 0 Å². The fourth-order valence-corrected chi connectivity index (χ4v) is 4.21. The highest BCUT2D eigenvalue weighted by atomic mass is 15.7. The van der Waals surface area contributed by atoms with Crippen LogP contribution in [-0.2, 0) is 6.67 Å².